The van der Waals surface area contributed by atoms with Gasteiger partial charge in [0.2, 0.25) is 0 Å². The van der Waals surface area contributed by atoms with Gasteiger partial charge in [0.1, 0.15) is 0 Å². The maximum Gasteiger partial charge on any atom is 0.0985 e. The van der Waals surface area contributed by atoms with E-state index in [2.05, 4.69) is 6.07 Å². The van der Waals surface area contributed by atoms with Crippen molar-refractivity contribution in [1.29, 1.82) is 0 Å². The van der Waals surface area contributed by atoms with Crippen LogP contribution in [0.5, 0.6) is 0 Å². The third-order valence-corrected chi connectivity index (χ3v) is 3.68. The Hall–Kier alpha value is -1.71. The van der Waals surface area contributed by atoms with Gasteiger partial charge in [-0.05, 0) is 23.1 Å². The Balaban J connectivity index is 1.77. The Labute approximate surface area is 118 Å². The summed E-state index contributed by atoms with van der Waals surface area (Å²) in [5.74, 6) is 0. The van der Waals surface area contributed by atoms with Crippen LogP contribution >= 0.6 is 0 Å². The average molecular weight is 271 g/mol. The molecule has 0 N–H and O–H groups in total. The van der Waals surface area contributed by atoms with Crippen molar-refractivity contribution in [2.24, 2.45) is 0 Å². The van der Waals surface area contributed by atoms with Crippen molar-refractivity contribution >= 4 is 0 Å². The lowest BCUT2D eigenvalue weighted by molar-refractivity contribution is -0.0474. The monoisotopic (exact) mass is 271 g/mol. The van der Waals surface area contributed by atoms with Gasteiger partial charge in [0, 0.05) is 6.54 Å². The summed E-state index contributed by atoms with van der Waals surface area (Å²) in [4.78, 5) is 0. The van der Waals surface area contributed by atoms with Crippen LogP contribution in [0.4, 0.5) is 4.48 Å². The molecule has 0 aromatic heterocycles. The van der Waals surface area contributed by atoms with Crippen LogP contribution in [0.25, 0.3) is 0 Å². The highest BCUT2D eigenvalue weighted by molar-refractivity contribution is 5.30. The molecule has 0 saturated heterocycles. The predicted molar refractivity (Wildman–Crippen MR) is 76.8 cm³/mol. The van der Waals surface area contributed by atoms with Crippen LogP contribution in [-0.4, -0.2) is 18.2 Å². The molecule has 3 rings (SSSR count). The molecule has 0 saturated carbocycles. The Morgan fingerprint density at radius 1 is 1.05 bits per heavy atom. The van der Waals surface area contributed by atoms with E-state index in [0.29, 0.717) is 19.7 Å². The Morgan fingerprint density at radius 2 is 1.80 bits per heavy atom. The third kappa shape index (κ3) is 3.06. The van der Waals surface area contributed by atoms with Crippen molar-refractivity contribution in [3.8, 4) is 0 Å². The fraction of sp³-hybridized carbons (Fsp3) is 0.294. The molecular formula is C17H18FNO. The molecule has 3 heteroatoms. The van der Waals surface area contributed by atoms with E-state index in [-0.39, 0.29) is 6.10 Å². The van der Waals surface area contributed by atoms with Gasteiger partial charge < -0.3 is 4.74 Å². The van der Waals surface area contributed by atoms with Gasteiger partial charge in [-0.1, -0.05) is 54.6 Å². The standard InChI is InChI=1S/C17H18FNO/c18-19-11-10-15-8-4-5-9-16(15)17(12-19)20-13-14-6-2-1-3-7-14/h1-9,17H,10-13H2. The minimum absolute atomic E-state index is 0.209. The average Bonchev–Trinajstić information content (AvgIpc) is 2.66. The number of halogens is 1. The summed E-state index contributed by atoms with van der Waals surface area (Å²) in [5.41, 5.74) is 3.41. The lowest BCUT2D eigenvalue weighted by Gasteiger charge is -2.20. The van der Waals surface area contributed by atoms with E-state index in [1.807, 2.05) is 48.5 Å². The SMILES string of the molecule is FN1CCc2ccccc2C(OCc2ccccc2)C1. The highest BCUT2D eigenvalue weighted by Gasteiger charge is 2.23. The first-order chi connectivity index (χ1) is 9.83. The smallest absolute Gasteiger partial charge is 0.0985 e. The van der Waals surface area contributed by atoms with Gasteiger partial charge in [0.25, 0.3) is 0 Å². The molecule has 1 heterocycles. The first-order valence-corrected chi connectivity index (χ1v) is 6.97. The number of benzene rings is 2. The first kappa shape index (κ1) is 13.3. The summed E-state index contributed by atoms with van der Waals surface area (Å²) < 4.78 is 19.7. The summed E-state index contributed by atoms with van der Waals surface area (Å²) >= 11 is 0. The highest BCUT2D eigenvalue weighted by atomic mass is 19.2. The van der Waals surface area contributed by atoms with Gasteiger partial charge in [0.05, 0.1) is 19.3 Å². The number of nitrogens with zero attached hydrogens (tertiary/aromatic N) is 1. The topological polar surface area (TPSA) is 12.5 Å². The largest absolute Gasteiger partial charge is 0.367 e. The van der Waals surface area contributed by atoms with Gasteiger partial charge in [-0.2, -0.15) is 0 Å². The van der Waals surface area contributed by atoms with E-state index in [1.54, 1.807) is 0 Å². The highest BCUT2D eigenvalue weighted by Crippen LogP contribution is 2.27. The molecule has 0 bridgehead atoms. The molecule has 0 fully saturated rings. The zero-order valence-corrected chi connectivity index (χ0v) is 11.3. The van der Waals surface area contributed by atoms with Crippen molar-refractivity contribution in [1.82, 2.24) is 5.12 Å². The summed E-state index contributed by atoms with van der Waals surface area (Å²) in [6, 6.07) is 18.1. The van der Waals surface area contributed by atoms with E-state index >= 15 is 0 Å². The first-order valence-electron chi connectivity index (χ1n) is 6.97. The summed E-state index contributed by atoms with van der Waals surface area (Å²) in [6.07, 6.45) is 0.525. The molecule has 0 radical (unpaired) electrons. The number of hydrogen-bond donors (Lipinski definition) is 0. The van der Waals surface area contributed by atoms with Crippen molar-refractivity contribution < 1.29 is 9.22 Å². The molecule has 2 nitrogen and oxygen atoms in total. The Morgan fingerprint density at radius 3 is 2.65 bits per heavy atom. The third-order valence-electron chi connectivity index (χ3n) is 3.68. The Kier molecular flexibility index (Phi) is 4.09. The molecule has 0 spiro atoms. The number of rotatable bonds is 3. The molecule has 1 unspecified atom stereocenters. The molecule has 0 amide bonds. The second-order valence-electron chi connectivity index (χ2n) is 5.10. The fourth-order valence-corrected chi connectivity index (χ4v) is 2.60. The van der Waals surface area contributed by atoms with E-state index in [9.17, 15) is 4.48 Å². The number of fused-ring (bicyclic) bond motifs is 1. The quantitative estimate of drug-likeness (QED) is 0.789. The molecule has 2 aromatic rings. The van der Waals surface area contributed by atoms with E-state index < -0.39 is 0 Å². The van der Waals surface area contributed by atoms with E-state index in [4.69, 9.17) is 4.74 Å². The van der Waals surface area contributed by atoms with Crippen LogP contribution in [0, 0.1) is 0 Å². The second kappa shape index (κ2) is 6.16. The maximum atomic E-state index is 13.7. The molecule has 1 aliphatic heterocycles. The lowest BCUT2D eigenvalue weighted by atomic mass is 10.0. The van der Waals surface area contributed by atoms with Crippen molar-refractivity contribution in [3.05, 3.63) is 71.3 Å². The van der Waals surface area contributed by atoms with Crippen LogP contribution in [0.2, 0.25) is 0 Å². The van der Waals surface area contributed by atoms with Crippen molar-refractivity contribution in [2.75, 3.05) is 13.1 Å². The summed E-state index contributed by atoms with van der Waals surface area (Å²) in [5, 5.41) is 0.857. The fourth-order valence-electron chi connectivity index (χ4n) is 2.60. The van der Waals surface area contributed by atoms with Crippen molar-refractivity contribution in [2.45, 2.75) is 19.1 Å². The Bertz CT molecular complexity index is 558. The minimum atomic E-state index is -0.209. The minimum Gasteiger partial charge on any atom is -0.367 e. The van der Waals surface area contributed by atoms with Crippen LogP contribution in [0.3, 0.4) is 0 Å². The van der Waals surface area contributed by atoms with Gasteiger partial charge in [-0.3, -0.25) is 0 Å². The number of ether oxygens (including phenoxy) is 1. The zero-order valence-electron chi connectivity index (χ0n) is 11.3. The number of hydrogen-bond acceptors (Lipinski definition) is 2. The molecule has 1 aliphatic rings. The van der Waals surface area contributed by atoms with Crippen LogP contribution in [-0.2, 0) is 17.8 Å². The predicted octanol–water partition coefficient (Wildman–Crippen LogP) is 3.69. The van der Waals surface area contributed by atoms with Gasteiger partial charge >= 0.3 is 0 Å². The molecule has 20 heavy (non-hydrogen) atoms. The molecular weight excluding hydrogens is 253 g/mol. The summed E-state index contributed by atoms with van der Waals surface area (Å²) in [6.45, 7) is 1.24. The normalized spacial score (nSPS) is 19.4. The van der Waals surface area contributed by atoms with Gasteiger partial charge in [-0.15, -0.1) is 9.60 Å². The van der Waals surface area contributed by atoms with Gasteiger partial charge in [0.15, 0.2) is 0 Å². The second-order valence-corrected chi connectivity index (χ2v) is 5.10. The van der Waals surface area contributed by atoms with Crippen LogP contribution in [0.15, 0.2) is 54.6 Å². The molecule has 2 aromatic carbocycles. The maximum absolute atomic E-state index is 13.7. The molecule has 0 aliphatic carbocycles. The van der Waals surface area contributed by atoms with E-state index in [1.165, 1.54) is 5.56 Å². The molecule has 1 atom stereocenters. The summed E-state index contributed by atoms with van der Waals surface area (Å²) in [7, 11) is 0. The van der Waals surface area contributed by atoms with Crippen LogP contribution < -0.4 is 0 Å². The van der Waals surface area contributed by atoms with Gasteiger partial charge in [-0.25, -0.2) is 0 Å². The zero-order chi connectivity index (χ0) is 13.8. The van der Waals surface area contributed by atoms with E-state index in [0.717, 1.165) is 22.7 Å². The lowest BCUT2D eigenvalue weighted by Crippen LogP contribution is -2.21. The van der Waals surface area contributed by atoms with Crippen molar-refractivity contribution in [3.63, 3.8) is 0 Å². The van der Waals surface area contributed by atoms with Crippen LogP contribution in [0.1, 0.15) is 22.8 Å². The molecule has 104 valence electrons.